The molecule has 1 fully saturated rings. The van der Waals surface area contributed by atoms with Crippen LogP contribution in [0.2, 0.25) is 0 Å². The average molecular weight is 427 g/mol. The molecule has 1 amide bonds. The first-order valence-electron chi connectivity index (χ1n) is 10.0. The van der Waals surface area contributed by atoms with Crippen molar-refractivity contribution in [2.24, 2.45) is 5.41 Å². The number of carbonyl (C=O) groups excluding carboxylic acids is 2. The van der Waals surface area contributed by atoms with E-state index >= 15 is 0 Å². The fraction of sp³-hybridized carbons (Fsp3) is 0.500. The molecule has 4 rings (SSSR count). The first-order valence-corrected chi connectivity index (χ1v) is 11.0. The van der Waals surface area contributed by atoms with Gasteiger partial charge in [-0.05, 0) is 36.5 Å². The minimum Gasteiger partial charge on any atom is -0.495 e. The SMILES string of the molecule is COc1ccc(C(=O)CSc2nnc3c(n2)[C@@]2(C)CC[C@H]3C2(C)C)cc1NC(C)=O. The van der Waals surface area contributed by atoms with Crippen LogP contribution in [0.1, 0.15) is 68.2 Å². The second kappa shape index (κ2) is 7.34. The topological polar surface area (TPSA) is 94.1 Å². The van der Waals surface area contributed by atoms with Crippen LogP contribution in [0, 0.1) is 5.41 Å². The van der Waals surface area contributed by atoms with Crippen LogP contribution in [0.3, 0.4) is 0 Å². The zero-order valence-electron chi connectivity index (χ0n) is 17.9. The summed E-state index contributed by atoms with van der Waals surface area (Å²) in [4.78, 5) is 29.0. The standard InChI is InChI=1S/C22H26N4O3S/c1-12(27)23-15-10-13(6-7-17(15)29-5)16(28)11-30-20-24-19-18(25-26-20)14-8-9-22(19,4)21(14,2)3/h6-7,10,14H,8-9,11H2,1-5H3,(H,23,27)/t14-,22-/m1/s1. The number of hydrogen-bond donors (Lipinski definition) is 1. The molecule has 2 bridgehead atoms. The molecule has 1 saturated carbocycles. The number of nitrogens with zero attached hydrogens (tertiary/aromatic N) is 3. The number of ketones is 1. The lowest BCUT2D eigenvalue weighted by Crippen LogP contribution is -2.32. The van der Waals surface area contributed by atoms with Crippen LogP contribution in [-0.4, -0.2) is 39.7 Å². The summed E-state index contributed by atoms with van der Waals surface area (Å²) < 4.78 is 5.24. The Labute approximate surface area is 180 Å². The molecule has 2 aliphatic carbocycles. The lowest BCUT2D eigenvalue weighted by Gasteiger charge is -2.33. The van der Waals surface area contributed by atoms with E-state index in [-0.39, 0.29) is 28.3 Å². The maximum absolute atomic E-state index is 12.7. The molecule has 8 heteroatoms. The molecule has 1 aromatic carbocycles. The van der Waals surface area contributed by atoms with Crippen molar-refractivity contribution in [3.63, 3.8) is 0 Å². The minimum atomic E-state index is -0.226. The second-order valence-electron chi connectivity index (χ2n) is 8.78. The van der Waals surface area contributed by atoms with Gasteiger partial charge in [0.15, 0.2) is 5.78 Å². The fourth-order valence-electron chi connectivity index (χ4n) is 4.81. The number of Topliss-reactive ketones (excluding diaryl/α,β-unsaturated/α-hetero) is 1. The summed E-state index contributed by atoms with van der Waals surface area (Å²) in [5.74, 6) is 0.800. The number of methoxy groups -OCH3 is 1. The third kappa shape index (κ3) is 3.17. The van der Waals surface area contributed by atoms with Gasteiger partial charge >= 0.3 is 0 Å². The van der Waals surface area contributed by atoms with E-state index in [0.717, 1.165) is 24.2 Å². The molecule has 1 heterocycles. The van der Waals surface area contributed by atoms with Crippen molar-refractivity contribution in [2.45, 2.75) is 57.0 Å². The van der Waals surface area contributed by atoms with Gasteiger partial charge in [0.25, 0.3) is 0 Å². The van der Waals surface area contributed by atoms with E-state index in [0.29, 0.717) is 28.1 Å². The van der Waals surface area contributed by atoms with Gasteiger partial charge in [-0.3, -0.25) is 9.59 Å². The Hall–Kier alpha value is -2.48. The van der Waals surface area contributed by atoms with Crippen LogP contribution in [0.25, 0.3) is 0 Å². The molecule has 0 spiro atoms. The number of fused-ring (bicyclic) bond motifs is 5. The Balaban J connectivity index is 1.50. The smallest absolute Gasteiger partial charge is 0.221 e. The number of aromatic nitrogens is 3. The molecular weight excluding hydrogens is 400 g/mol. The number of carbonyl (C=O) groups is 2. The summed E-state index contributed by atoms with van der Waals surface area (Å²) in [6.45, 7) is 8.27. The van der Waals surface area contributed by atoms with E-state index in [1.807, 2.05) is 0 Å². The van der Waals surface area contributed by atoms with Crippen molar-refractivity contribution in [1.29, 1.82) is 0 Å². The third-order valence-electron chi connectivity index (χ3n) is 6.94. The normalized spacial score (nSPS) is 23.2. The van der Waals surface area contributed by atoms with Crippen LogP contribution in [0.5, 0.6) is 5.75 Å². The van der Waals surface area contributed by atoms with Gasteiger partial charge in [0.05, 0.1) is 29.9 Å². The zero-order valence-corrected chi connectivity index (χ0v) is 18.7. The van der Waals surface area contributed by atoms with Gasteiger partial charge in [0.1, 0.15) is 5.75 Å². The summed E-state index contributed by atoms with van der Waals surface area (Å²) >= 11 is 1.29. The molecule has 0 unspecified atom stereocenters. The van der Waals surface area contributed by atoms with Crippen LogP contribution in [-0.2, 0) is 10.2 Å². The van der Waals surface area contributed by atoms with Gasteiger partial charge in [-0.15, -0.1) is 5.10 Å². The molecule has 1 N–H and O–H groups in total. The van der Waals surface area contributed by atoms with Crippen molar-refractivity contribution in [3.8, 4) is 5.75 Å². The molecule has 2 aliphatic rings. The molecule has 0 radical (unpaired) electrons. The number of thioether (sulfide) groups is 1. The van der Waals surface area contributed by atoms with E-state index in [9.17, 15) is 9.59 Å². The van der Waals surface area contributed by atoms with Gasteiger partial charge < -0.3 is 10.1 Å². The van der Waals surface area contributed by atoms with Crippen LogP contribution >= 0.6 is 11.8 Å². The molecular formula is C22H26N4O3S. The predicted octanol–water partition coefficient (Wildman–Crippen LogP) is 3.99. The molecule has 2 aromatic rings. The molecule has 1 aromatic heterocycles. The van der Waals surface area contributed by atoms with E-state index < -0.39 is 0 Å². The maximum atomic E-state index is 12.7. The van der Waals surface area contributed by atoms with Crippen molar-refractivity contribution >= 4 is 29.1 Å². The predicted molar refractivity (Wildman–Crippen MR) is 115 cm³/mol. The lowest BCUT2D eigenvalue weighted by atomic mass is 9.70. The van der Waals surface area contributed by atoms with Gasteiger partial charge in [-0.1, -0.05) is 32.5 Å². The number of amides is 1. The molecule has 7 nitrogen and oxygen atoms in total. The largest absolute Gasteiger partial charge is 0.495 e. The third-order valence-corrected chi connectivity index (χ3v) is 7.77. The van der Waals surface area contributed by atoms with Crippen molar-refractivity contribution in [3.05, 3.63) is 35.2 Å². The number of hydrogen-bond acceptors (Lipinski definition) is 7. The summed E-state index contributed by atoms with van der Waals surface area (Å²) in [6.07, 6.45) is 2.24. The van der Waals surface area contributed by atoms with Crippen molar-refractivity contribution in [2.75, 3.05) is 18.2 Å². The molecule has 0 aliphatic heterocycles. The highest BCUT2D eigenvalue weighted by atomic mass is 32.2. The van der Waals surface area contributed by atoms with Crippen molar-refractivity contribution in [1.82, 2.24) is 15.2 Å². The van der Waals surface area contributed by atoms with E-state index in [1.165, 1.54) is 25.8 Å². The van der Waals surface area contributed by atoms with E-state index in [4.69, 9.17) is 9.72 Å². The number of benzene rings is 1. The number of ether oxygens (including phenoxy) is 1. The molecule has 2 atom stereocenters. The van der Waals surface area contributed by atoms with Crippen LogP contribution in [0.4, 0.5) is 5.69 Å². The number of nitrogens with one attached hydrogen (secondary N) is 1. The Morgan fingerprint density at radius 2 is 2.03 bits per heavy atom. The van der Waals surface area contributed by atoms with Crippen molar-refractivity contribution < 1.29 is 14.3 Å². The molecule has 0 saturated heterocycles. The first kappa shape index (κ1) is 20.8. The number of anilines is 1. The van der Waals surface area contributed by atoms with Gasteiger partial charge in [0.2, 0.25) is 11.1 Å². The highest BCUT2D eigenvalue weighted by Gasteiger charge is 2.61. The summed E-state index contributed by atoms with van der Waals surface area (Å²) in [6, 6.07) is 5.00. The molecule has 158 valence electrons. The minimum absolute atomic E-state index is 0.00546. The Kier molecular flexibility index (Phi) is 5.08. The Bertz CT molecular complexity index is 1040. The van der Waals surface area contributed by atoms with E-state index in [1.54, 1.807) is 18.2 Å². The average Bonchev–Trinajstić information content (AvgIpc) is 3.04. The highest BCUT2D eigenvalue weighted by molar-refractivity contribution is 7.99. The summed E-state index contributed by atoms with van der Waals surface area (Å²) in [5, 5.41) is 12.0. The summed E-state index contributed by atoms with van der Waals surface area (Å²) in [7, 11) is 1.52. The lowest BCUT2D eigenvalue weighted by molar-refractivity contribution is -0.114. The van der Waals surface area contributed by atoms with Gasteiger partial charge in [-0.25, -0.2) is 4.98 Å². The highest BCUT2D eigenvalue weighted by Crippen LogP contribution is 2.66. The Morgan fingerprint density at radius 3 is 2.73 bits per heavy atom. The van der Waals surface area contributed by atoms with Crippen LogP contribution < -0.4 is 10.1 Å². The Morgan fingerprint density at radius 1 is 1.27 bits per heavy atom. The quantitative estimate of drug-likeness (QED) is 0.551. The van der Waals surface area contributed by atoms with E-state index in [2.05, 4.69) is 36.3 Å². The van der Waals surface area contributed by atoms with Gasteiger partial charge in [0, 0.05) is 23.8 Å². The second-order valence-corrected chi connectivity index (χ2v) is 9.72. The summed E-state index contributed by atoms with van der Waals surface area (Å²) in [5.41, 5.74) is 3.17. The maximum Gasteiger partial charge on any atom is 0.221 e. The monoisotopic (exact) mass is 426 g/mol. The number of rotatable bonds is 6. The molecule has 30 heavy (non-hydrogen) atoms. The fourth-order valence-corrected chi connectivity index (χ4v) is 5.49. The first-order chi connectivity index (χ1) is 14.2. The zero-order chi connectivity index (χ0) is 21.7. The van der Waals surface area contributed by atoms with Gasteiger partial charge in [-0.2, -0.15) is 5.10 Å². The van der Waals surface area contributed by atoms with Crippen LogP contribution in [0.15, 0.2) is 23.4 Å².